The fourth-order valence-electron chi connectivity index (χ4n) is 1.86. The van der Waals surface area contributed by atoms with Gasteiger partial charge in [-0.3, -0.25) is 0 Å². The molecule has 0 unspecified atom stereocenters. The van der Waals surface area contributed by atoms with Crippen LogP contribution in [0.4, 0.5) is 5.69 Å². The molecule has 0 bridgehead atoms. The van der Waals surface area contributed by atoms with Crippen LogP contribution < -0.4 is 5.73 Å². The van der Waals surface area contributed by atoms with Gasteiger partial charge in [-0.2, -0.15) is 0 Å². The molecule has 0 aliphatic rings. The topological polar surface area (TPSA) is 78.9 Å². The number of hydrogen-bond donors (Lipinski definition) is 1. The van der Waals surface area contributed by atoms with Gasteiger partial charge in [0.1, 0.15) is 0 Å². The molecule has 0 aliphatic carbocycles. The molecule has 2 aromatic rings. The summed E-state index contributed by atoms with van der Waals surface area (Å²) in [5.41, 5.74) is 8.58. The zero-order chi connectivity index (χ0) is 14.7. The average Bonchev–Trinajstić information content (AvgIpc) is 2.81. The van der Waals surface area contributed by atoms with Crippen LogP contribution in [0.3, 0.4) is 0 Å². The zero-order valence-corrected chi connectivity index (χ0v) is 13.4. The lowest BCUT2D eigenvalue weighted by Crippen LogP contribution is -2.13. The Bertz CT molecular complexity index is 596. The summed E-state index contributed by atoms with van der Waals surface area (Å²) in [6.07, 6.45) is 0.193. The van der Waals surface area contributed by atoms with Crippen LogP contribution in [0, 0.1) is 6.92 Å². The first-order valence-corrected chi connectivity index (χ1v) is 7.22. The van der Waals surface area contributed by atoms with Crippen LogP contribution in [0.15, 0.2) is 16.6 Å². The summed E-state index contributed by atoms with van der Waals surface area (Å²) in [5, 5.41) is 11.9. The van der Waals surface area contributed by atoms with E-state index in [1.54, 1.807) is 4.68 Å². The zero-order valence-electron chi connectivity index (χ0n) is 11.8. The van der Waals surface area contributed by atoms with Crippen molar-refractivity contribution in [3.63, 3.8) is 0 Å². The van der Waals surface area contributed by atoms with Gasteiger partial charge in [0.2, 0.25) is 0 Å². The Labute approximate surface area is 126 Å². The first-order valence-electron chi connectivity index (χ1n) is 6.42. The van der Waals surface area contributed by atoms with E-state index in [0.29, 0.717) is 24.7 Å². The van der Waals surface area contributed by atoms with Gasteiger partial charge in [0.25, 0.3) is 0 Å². The summed E-state index contributed by atoms with van der Waals surface area (Å²) < 4.78 is 8.17. The van der Waals surface area contributed by atoms with Crippen LogP contribution in [-0.2, 0) is 11.3 Å². The molecule has 1 heterocycles. The highest BCUT2D eigenvalue weighted by molar-refractivity contribution is 9.10. The van der Waals surface area contributed by atoms with Crippen LogP contribution >= 0.6 is 15.9 Å². The molecule has 0 radical (unpaired) electrons. The Morgan fingerprint density at radius 3 is 2.85 bits per heavy atom. The minimum Gasteiger partial charge on any atom is -0.398 e. The third-order valence-corrected chi connectivity index (χ3v) is 3.40. The molecule has 108 valence electrons. The third kappa shape index (κ3) is 3.34. The van der Waals surface area contributed by atoms with Crippen molar-refractivity contribution in [1.82, 2.24) is 20.2 Å². The summed E-state index contributed by atoms with van der Waals surface area (Å²) >= 11 is 3.45. The predicted molar refractivity (Wildman–Crippen MR) is 81.2 cm³/mol. The number of nitrogens with zero attached hydrogens (tertiary/aromatic N) is 4. The minimum atomic E-state index is 0.193. The highest BCUT2D eigenvalue weighted by Gasteiger charge is 2.14. The lowest BCUT2D eigenvalue weighted by Gasteiger charge is -2.11. The highest BCUT2D eigenvalue weighted by atomic mass is 79.9. The van der Waals surface area contributed by atoms with Crippen molar-refractivity contribution in [2.75, 3.05) is 12.3 Å². The molecule has 2 N–H and O–H groups in total. The van der Waals surface area contributed by atoms with Gasteiger partial charge in [-0.25, -0.2) is 4.68 Å². The van der Waals surface area contributed by atoms with Gasteiger partial charge >= 0.3 is 0 Å². The number of hydrogen-bond acceptors (Lipinski definition) is 5. The maximum absolute atomic E-state index is 5.98. The standard InChI is InChI=1S/C13H18BrN5O/c1-8(2)20-5-4-19-13(16-17-18-19)11-6-10(14)7-12(15)9(11)3/h6-8H,4-5,15H2,1-3H3. The molecular weight excluding hydrogens is 322 g/mol. The van der Waals surface area contributed by atoms with Crippen molar-refractivity contribution in [2.24, 2.45) is 0 Å². The van der Waals surface area contributed by atoms with Crippen molar-refractivity contribution in [3.05, 3.63) is 22.2 Å². The van der Waals surface area contributed by atoms with Gasteiger partial charge in [0.15, 0.2) is 5.82 Å². The molecular formula is C13H18BrN5O. The molecule has 0 fully saturated rings. The monoisotopic (exact) mass is 339 g/mol. The molecule has 6 nitrogen and oxygen atoms in total. The van der Waals surface area contributed by atoms with E-state index in [9.17, 15) is 0 Å². The van der Waals surface area contributed by atoms with Gasteiger partial charge in [-0.1, -0.05) is 15.9 Å². The molecule has 0 saturated heterocycles. The van der Waals surface area contributed by atoms with Gasteiger partial charge in [-0.05, 0) is 48.9 Å². The fourth-order valence-corrected chi connectivity index (χ4v) is 2.33. The van der Waals surface area contributed by atoms with E-state index in [2.05, 4.69) is 31.5 Å². The van der Waals surface area contributed by atoms with E-state index in [0.717, 1.165) is 15.6 Å². The summed E-state index contributed by atoms with van der Waals surface area (Å²) in [6, 6.07) is 3.84. The molecule has 7 heteroatoms. The first kappa shape index (κ1) is 14.9. The summed E-state index contributed by atoms with van der Waals surface area (Å²) in [4.78, 5) is 0. The third-order valence-electron chi connectivity index (χ3n) is 2.94. The number of halogens is 1. The molecule has 2 rings (SSSR count). The van der Waals surface area contributed by atoms with E-state index >= 15 is 0 Å². The number of anilines is 1. The quantitative estimate of drug-likeness (QED) is 0.846. The van der Waals surface area contributed by atoms with Crippen LogP contribution in [0.5, 0.6) is 0 Å². The summed E-state index contributed by atoms with van der Waals surface area (Å²) in [6.45, 7) is 7.13. The van der Waals surface area contributed by atoms with E-state index < -0.39 is 0 Å². The predicted octanol–water partition coefficient (Wildman–Crippen LogP) is 2.42. The molecule has 1 aromatic carbocycles. The average molecular weight is 340 g/mol. The van der Waals surface area contributed by atoms with Crippen molar-refractivity contribution in [2.45, 2.75) is 33.4 Å². The Balaban J connectivity index is 2.28. The number of nitrogen functional groups attached to an aromatic ring is 1. The Hall–Kier alpha value is -1.47. The van der Waals surface area contributed by atoms with Crippen molar-refractivity contribution < 1.29 is 4.74 Å². The SMILES string of the molecule is Cc1c(N)cc(Br)cc1-c1nnnn1CCOC(C)C. The smallest absolute Gasteiger partial charge is 0.182 e. The first-order chi connectivity index (χ1) is 9.49. The van der Waals surface area contributed by atoms with Crippen molar-refractivity contribution in [3.8, 4) is 11.4 Å². The number of aromatic nitrogens is 4. The fraction of sp³-hybridized carbons (Fsp3) is 0.462. The van der Waals surface area contributed by atoms with E-state index in [1.165, 1.54) is 0 Å². The van der Waals surface area contributed by atoms with E-state index in [4.69, 9.17) is 10.5 Å². The van der Waals surface area contributed by atoms with Crippen LogP contribution in [-0.4, -0.2) is 32.9 Å². The number of nitrogens with two attached hydrogens (primary N) is 1. The summed E-state index contributed by atoms with van der Waals surface area (Å²) in [7, 11) is 0. The van der Waals surface area contributed by atoms with Gasteiger partial charge in [-0.15, -0.1) is 5.10 Å². The normalized spacial score (nSPS) is 11.2. The second-order valence-corrected chi connectivity index (χ2v) is 5.73. The number of rotatable bonds is 5. The highest BCUT2D eigenvalue weighted by Crippen LogP contribution is 2.29. The maximum Gasteiger partial charge on any atom is 0.182 e. The van der Waals surface area contributed by atoms with Gasteiger partial charge in [0.05, 0.1) is 19.3 Å². The molecule has 1 aromatic heterocycles. The van der Waals surface area contributed by atoms with Gasteiger partial charge < -0.3 is 10.5 Å². The minimum absolute atomic E-state index is 0.193. The van der Waals surface area contributed by atoms with Crippen LogP contribution in [0.1, 0.15) is 19.4 Å². The van der Waals surface area contributed by atoms with Crippen molar-refractivity contribution in [1.29, 1.82) is 0 Å². The second-order valence-electron chi connectivity index (χ2n) is 4.81. The van der Waals surface area contributed by atoms with Crippen LogP contribution in [0.2, 0.25) is 0 Å². The second kappa shape index (κ2) is 6.32. The summed E-state index contributed by atoms with van der Waals surface area (Å²) in [5.74, 6) is 0.697. The molecule has 0 spiro atoms. The van der Waals surface area contributed by atoms with E-state index in [-0.39, 0.29) is 6.10 Å². The number of ether oxygens (including phenoxy) is 1. The lowest BCUT2D eigenvalue weighted by molar-refractivity contribution is 0.0709. The molecule has 0 atom stereocenters. The van der Waals surface area contributed by atoms with Crippen molar-refractivity contribution >= 4 is 21.6 Å². The molecule has 0 amide bonds. The Kier molecular flexibility index (Phi) is 4.72. The van der Waals surface area contributed by atoms with Crippen LogP contribution in [0.25, 0.3) is 11.4 Å². The van der Waals surface area contributed by atoms with E-state index in [1.807, 2.05) is 32.9 Å². The molecule has 0 aliphatic heterocycles. The molecule has 0 saturated carbocycles. The Morgan fingerprint density at radius 2 is 2.15 bits per heavy atom. The maximum atomic E-state index is 5.98. The Morgan fingerprint density at radius 1 is 1.40 bits per heavy atom. The lowest BCUT2D eigenvalue weighted by atomic mass is 10.1. The largest absolute Gasteiger partial charge is 0.398 e. The molecule has 20 heavy (non-hydrogen) atoms. The number of benzene rings is 1. The van der Waals surface area contributed by atoms with Gasteiger partial charge in [0, 0.05) is 15.7 Å². The number of tetrazole rings is 1.